The van der Waals surface area contributed by atoms with Gasteiger partial charge in [0.05, 0.1) is 17.9 Å². The average Bonchev–Trinajstić information content (AvgIpc) is 2.90. The second-order valence-electron chi connectivity index (χ2n) is 4.69. The molecule has 0 aliphatic rings. The van der Waals surface area contributed by atoms with E-state index in [4.69, 9.17) is 10.3 Å². The predicted molar refractivity (Wildman–Crippen MR) is 80.6 cm³/mol. The van der Waals surface area contributed by atoms with Crippen LogP contribution in [0.25, 0.3) is 0 Å². The number of nitrogens with zero attached hydrogens (tertiary/aromatic N) is 2. The smallest absolute Gasteiger partial charge is 0.193 e. The van der Waals surface area contributed by atoms with Crippen molar-refractivity contribution in [2.24, 2.45) is 10.7 Å². The van der Waals surface area contributed by atoms with E-state index in [0.717, 1.165) is 41.6 Å². The van der Waals surface area contributed by atoms with Crippen LogP contribution < -0.4 is 11.1 Å². The number of hydrogen-bond acceptors (Lipinski definition) is 3. The lowest BCUT2D eigenvalue weighted by Gasteiger charge is -2.07. The lowest BCUT2D eigenvalue weighted by Crippen LogP contribution is -2.23. The Bertz CT molecular complexity index is 661. The van der Waals surface area contributed by atoms with Gasteiger partial charge in [0.2, 0.25) is 0 Å². The number of halogens is 2. The van der Waals surface area contributed by atoms with E-state index in [1.807, 2.05) is 13.8 Å². The van der Waals surface area contributed by atoms with Gasteiger partial charge < -0.3 is 15.6 Å². The first-order valence-corrected chi connectivity index (χ1v) is 7.03. The summed E-state index contributed by atoms with van der Waals surface area (Å²) in [5.41, 5.74) is 7.37. The van der Waals surface area contributed by atoms with Gasteiger partial charge in [-0.05, 0) is 18.6 Å². The number of nitrogens with one attached hydrogen (secondary N) is 1. The monoisotopic (exact) mass is 308 g/mol. The molecule has 118 valence electrons. The molecule has 1 heterocycles. The van der Waals surface area contributed by atoms with Crippen LogP contribution in [-0.4, -0.2) is 11.1 Å². The van der Waals surface area contributed by atoms with Crippen molar-refractivity contribution < 1.29 is 13.3 Å². The minimum Gasteiger partial charge on any atom is -0.370 e. The van der Waals surface area contributed by atoms with Gasteiger partial charge in [-0.15, -0.1) is 0 Å². The van der Waals surface area contributed by atoms with Gasteiger partial charge in [0.15, 0.2) is 5.96 Å². The normalized spacial score (nSPS) is 11.7. The van der Waals surface area contributed by atoms with E-state index < -0.39 is 11.6 Å². The fraction of sp³-hybridized carbons (Fsp3) is 0.333. The molecule has 7 heteroatoms. The standard InChI is InChI=1S/C15H18F2N4O/c1-3-12-10(14(4-2)22-21-12)8-19-15(18)20-13-7-9(16)5-6-11(13)17/h5-7H,3-4,8H2,1-2H3,(H3,18,19,20). The Morgan fingerprint density at radius 1 is 1.32 bits per heavy atom. The van der Waals surface area contributed by atoms with Crippen molar-refractivity contribution in [2.45, 2.75) is 33.2 Å². The molecule has 0 radical (unpaired) electrons. The third-order valence-electron chi connectivity index (χ3n) is 3.21. The molecule has 5 nitrogen and oxygen atoms in total. The third kappa shape index (κ3) is 3.60. The van der Waals surface area contributed by atoms with E-state index in [2.05, 4.69) is 15.5 Å². The average molecular weight is 308 g/mol. The summed E-state index contributed by atoms with van der Waals surface area (Å²) in [7, 11) is 0. The van der Waals surface area contributed by atoms with Crippen molar-refractivity contribution in [1.29, 1.82) is 0 Å². The quantitative estimate of drug-likeness (QED) is 0.657. The van der Waals surface area contributed by atoms with Crippen LogP contribution in [0.2, 0.25) is 0 Å². The van der Waals surface area contributed by atoms with Crippen LogP contribution in [-0.2, 0) is 19.4 Å². The molecule has 3 N–H and O–H groups in total. The maximum absolute atomic E-state index is 13.5. The Morgan fingerprint density at radius 2 is 2.09 bits per heavy atom. The molecular weight excluding hydrogens is 290 g/mol. The lowest BCUT2D eigenvalue weighted by molar-refractivity contribution is 0.380. The number of aliphatic imine (C=N–C) groups is 1. The highest BCUT2D eigenvalue weighted by Crippen LogP contribution is 2.18. The molecule has 0 saturated heterocycles. The van der Waals surface area contributed by atoms with Gasteiger partial charge in [-0.1, -0.05) is 19.0 Å². The van der Waals surface area contributed by atoms with E-state index in [1.54, 1.807) is 0 Å². The zero-order valence-corrected chi connectivity index (χ0v) is 12.5. The van der Waals surface area contributed by atoms with Crippen LogP contribution in [0.3, 0.4) is 0 Å². The molecule has 22 heavy (non-hydrogen) atoms. The maximum atomic E-state index is 13.5. The van der Waals surface area contributed by atoms with Gasteiger partial charge >= 0.3 is 0 Å². The van der Waals surface area contributed by atoms with Crippen molar-refractivity contribution >= 4 is 11.6 Å². The van der Waals surface area contributed by atoms with Crippen molar-refractivity contribution in [2.75, 3.05) is 5.32 Å². The maximum Gasteiger partial charge on any atom is 0.193 e. The lowest BCUT2D eigenvalue weighted by atomic mass is 10.1. The number of guanidine groups is 1. The highest BCUT2D eigenvalue weighted by atomic mass is 19.1. The third-order valence-corrected chi connectivity index (χ3v) is 3.21. The first-order valence-electron chi connectivity index (χ1n) is 7.03. The van der Waals surface area contributed by atoms with Crippen LogP contribution in [0.1, 0.15) is 30.9 Å². The molecule has 1 aromatic heterocycles. The largest absolute Gasteiger partial charge is 0.370 e. The molecule has 0 saturated carbocycles. The van der Waals surface area contributed by atoms with Crippen LogP contribution in [0.5, 0.6) is 0 Å². The highest BCUT2D eigenvalue weighted by molar-refractivity contribution is 5.92. The molecular formula is C15H18F2N4O. The van der Waals surface area contributed by atoms with Crippen molar-refractivity contribution in [1.82, 2.24) is 5.16 Å². The molecule has 0 atom stereocenters. The Kier molecular flexibility index (Phi) is 5.08. The van der Waals surface area contributed by atoms with Crippen molar-refractivity contribution in [3.8, 4) is 0 Å². The van der Waals surface area contributed by atoms with E-state index in [9.17, 15) is 8.78 Å². The number of nitrogens with two attached hydrogens (primary N) is 1. The summed E-state index contributed by atoms with van der Waals surface area (Å²) in [6.45, 7) is 4.19. The summed E-state index contributed by atoms with van der Waals surface area (Å²) in [6.07, 6.45) is 1.42. The minimum atomic E-state index is -0.604. The predicted octanol–water partition coefficient (Wildman–Crippen LogP) is 3.00. The van der Waals surface area contributed by atoms with E-state index in [-0.39, 0.29) is 18.2 Å². The first kappa shape index (κ1) is 15.9. The van der Waals surface area contributed by atoms with Crippen molar-refractivity contribution in [3.63, 3.8) is 0 Å². The SMILES string of the molecule is CCc1noc(CC)c1CN=C(N)Nc1cc(F)ccc1F. The Balaban J connectivity index is 2.13. The van der Waals surface area contributed by atoms with Gasteiger partial charge in [0.25, 0.3) is 0 Å². The number of benzene rings is 1. The molecule has 0 unspecified atom stereocenters. The molecule has 0 spiro atoms. The molecule has 0 aliphatic carbocycles. The number of aryl methyl sites for hydroxylation is 2. The molecule has 0 aliphatic heterocycles. The van der Waals surface area contributed by atoms with Gasteiger partial charge in [-0.3, -0.25) is 0 Å². The topological polar surface area (TPSA) is 76.4 Å². The summed E-state index contributed by atoms with van der Waals surface area (Å²) < 4.78 is 31.8. The van der Waals surface area contributed by atoms with Gasteiger partial charge in [0.1, 0.15) is 17.4 Å². The fourth-order valence-electron chi connectivity index (χ4n) is 2.05. The molecule has 2 aromatic rings. The van der Waals surface area contributed by atoms with Crippen LogP contribution in [0.15, 0.2) is 27.7 Å². The Hall–Kier alpha value is -2.44. The molecule has 0 bridgehead atoms. The molecule has 2 rings (SSSR count). The van der Waals surface area contributed by atoms with Crippen LogP contribution in [0.4, 0.5) is 14.5 Å². The van der Waals surface area contributed by atoms with Crippen LogP contribution >= 0.6 is 0 Å². The zero-order valence-electron chi connectivity index (χ0n) is 12.5. The van der Waals surface area contributed by atoms with E-state index in [0.29, 0.717) is 6.42 Å². The summed E-state index contributed by atoms with van der Waals surface area (Å²) in [5, 5.41) is 6.53. The molecule has 0 fully saturated rings. The first-order chi connectivity index (χ1) is 10.5. The second kappa shape index (κ2) is 7.02. The zero-order chi connectivity index (χ0) is 16.1. The Labute approximate surface area is 127 Å². The summed E-state index contributed by atoms with van der Waals surface area (Å²) in [4.78, 5) is 4.14. The number of aromatic nitrogens is 1. The summed E-state index contributed by atoms with van der Waals surface area (Å²) in [5.74, 6) is -0.412. The van der Waals surface area contributed by atoms with Crippen LogP contribution in [0, 0.1) is 11.6 Å². The summed E-state index contributed by atoms with van der Waals surface area (Å²) >= 11 is 0. The molecule has 0 amide bonds. The molecule has 1 aromatic carbocycles. The number of anilines is 1. The van der Waals surface area contributed by atoms with Crippen molar-refractivity contribution in [3.05, 3.63) is 46.9 Å². The van der Waals surface area contributed by atoms with E-state index in [1.165, 1.54) is 0 Å². The number of rotatable bonds is 5. The highest BCUT2D eigenvalue weighted by Gasteiger charge is 2.13. The van der Waals surface area contributed by atoms with Gasteiger partial charge in [-0.2, -0.15) is 0 Å². The summed E-state index contributed by atoms with van der Waals surface area (Å²) in [6, 6.07) is 3.08. The van der Waals surface area contributed by atoms with E-state index >= 15 is 0 Å². The fourth-order valence-corrected chi connectivity index (χ4v) is 2.05. The number of hydrogen-bond donors (Lipinski definition) is 2. The van der Waals surface area contributed by atoms with Gasteiger partial charge in [-0.25, -0.2) is 13.8 Å². The minimum absolute atomic E-state index is 0.00481. The second-order valence-corrected chi connectivity index (χ2v) is 4.69. The Morgan fingerprint density at radius 3 is 2.77 bits per heavy atom. The van der Waals surface area contributed by atoms with Gasteiger partial charge in [0, 0.05) is 18.1 Å².